The monoisotopic (exact) mass is 294 g/mol. The molecule has 114 valence electrons. The zero-order valence-corrected chi connectivity index (χ0v) is 14.7. The van der Waals surface area contributed by atoms with Crippen LogP contribution in [0.1, 0.15) is 71.4 Å². The summed E-state index contributed by atoms with van der Waals surface area (Å²) in [7, 11) is 0. The summed E-state index contributed by atoms with van der Waals surface area (Å²) in [6.45, 7) is 11.3. The van der Waals surface area contributed by atoms with E-state index in [0.29, 0.717) is 0 Å². The fourth-order valence-electron chi connectivity index (χ4n) is 2.71. The first-order valence-corrected chi connectivity index (χ1v) is 8.56. The molecule has 1 atom stereocenters. The maximum Gasteiger partial charge on any atom is 0.0283 e. The van der Waals surface area contributed by atoms with Gasteiger partial charge in [-0.1, -0.05) is 71.7 Å². The van der Waals surface area contributed by atoms with Crippen molar-refractivity contribution in [3.8, 4) is 0 Å². The van der Waals surface area contributed by atoms with E-state index in [2.05, 4.69) is 58.9 Å². The lowest BCUT2D eigenvalue weighted by molar-refractivity contribution is 0.279. The molecule has 0 saturated carbocycles. The number of rotatable bonds is 7. The second-order valence-electron chi connectivity index (χ2n) is 7.21. The van der Waals surface area contributed by atoms with E-state index >= 15 is 0 Å². The number of hydrogen-bond acceptors (Lipinski definition) is 0. The number of halogens is 1. The minimum Gasteiger partial charge on any atom is -0.126 e. The highest BCUT2D eigenvalue weighted by Gasteiger charge is 2.27. The maximum atomic E-state index is 6.31. The van der Waals surface area contributed by atoms with Crippen LogP contribution in [0.5, 0.6) is 0 Å². The lowest BCUT2D eigenvalue weighted by Gasteiger charge is -2.31. The molecule has 1 rings (SSSR count). The summed E-state index contributed by atoms with van der Waals surface area (Å²) < 4.78 is 0. The summed E-state index contributed by atoms with van der Waals surface area (Å²) in [6, 6.07) is 9.15. The summed E-state index contributed by atoms with van der Waals surface area (Å²) in [5, 5.41) is 0. The Balaban J connectivity index is 2.84. The highest BCUT2D eigenvalue weighted by Crippen LogP contribution is 2.35. The highest BCUT2D eigenvalue weighted by atomic mass is 35.5. The second-order valence-corrected chi connectivity index (χ2v) is 7.48. The van der Waals surface area contributed by atoms with Gasteiger partial charge in [0, 0.05) is 5.88 Å². The Morgan fingerprint density at radius 1 is 1.00 bits per heavy atom. The van der Waals surface area contributed by atoms with E-state index in [9.17, 15) is 0 Å². The third-order valence-corrected chi connectivity index (χ3v) is 5.06. The van der Waals surface area contributed by atoms with Crippen LogP contribution in [0.2, 0.25) is 0 Å². The first kappa shape index (κ1) is 17.6. The molecule has 0 aliphatic rings. The van der Waals surface area contributed by atoms with Crippen molar-refractivity contribution in [2.45, 2.75) is 72.1 Å². The predicted molar refractivity (Wildman–Crippen MR) is 91.8 cm³/mol. The predicted octanol–water partition coefficient (Wildman–Crippen LogP) is 6.35. The van der Waals surface area contributed by atoms with Crippen LogP contribution in [0.4, 0.5) is 0 Å². The van der Waals surface area contributed by atoms with Gasteiger partial charge in [0.2, 0.25) is 0 Å². The minimum atomic E-state index is 0.231. The molecule has 0 fully saturated rings. The molecule has 0 nitrogen and oxygen atoms in total. The van der Waals surface area contributed by atoms with E-state index < -0.39 is 0 Å². The van der Waals surface area contributed by atoms with Gasteiger partial charge in [-0.15, -0.1) is 11.6 Å². The molecular weight excluding hydrogens is 264 g/mol. The van der Waals surface area contributed by atoms with E-state index in [1.807, 2.05) is 0 Å². The fraction of sp³-hybridized carbons (Fsp3) is 0.684. The van der Waals surface area contributed by atoms with E-state index in [-0.39, 0.29) is 10.8 Å². The van der Waals surface area contributed by atoms with Crippen molar-refractivity contribution in [1.29, 1.82) is 0 Å². The second kappa shape index (κ2) is 7.50. The first-order valence-electron chi connectivity index (χ1n) is 8.02. The number of unbranched alkanes of at least 4 members (excludes halogenated alkanes) is 1. The third kappa shape index (κ3) is 4.81. The van der Waals surface area contributed by atoms with Gasteiger partial charge in [-0.2, -0.15) is 0 Å². The Morgan fingerprint density at radius 2 is 1.60 bits per heavy atom. The Morgan fingerprint density at radius 3 is 2.00 bits per heavy atom. The lowest BCUT2D eigenvalue weighted by atomic mass is 9.76. The van der Waals surface area contributed by atoms with Gasteiger partial charge < -0.3 is 0 Å². The van der Waals surface area contributed by atoms with Crippen LogP contribution in [-0.2, 0) is 11.8 Å². The van der Waals surface area contributed by atoms with Gasteiger partial charge in [-0.3, -0.25) is 0 Å². The van der Waals surface area contributed by atoms with Crippen LogP contribution in [0, 0.1) is 5.41 Å². The van der Waals surface area contributed by atoms with Crippen LogP contribution in [0.3, 0.4) is 0 Å². The number of alkyl halides is 1. The zero-order valence-electron chi connectivity index (χ0n) is 13.9. The Labute approximate surface area is 130 Å². The molecule has 0 aromatic heterocycles. The molecule has 0 N–H and O–H groups in total. The van der Waals surface area contributed by atoms with Crippen molar-refractivity contribution in [2.24, 2.45) is 5.41 Å². The SMILES string of the molecule is CCCCC(CC)(CCl)Cc1ccc(C(C)(C)C)cc1. The topological polar surface area (TPSA) is 0 Å². The Kier molecular flexibility index (Phi) is 6.58. The highest BCUT2D eigenvalue weighted by molar-refractivity contribution is 6.18. The summed E-state index contributed by atoms with van der Waals surface area (Å²) in [5.41, 5.74) is 3.34. The van der Waals surface area contributed by atoms with Crippen molar-refractivity contribution in [3.05, 3.63) is 35.4 Å². The largest absolute Gasteiger partial charge is 0.126 e. The molecule has 0 bridgehead atoms. The molecule has 0 spiro atoms. The molecule has 1 aromatic rings. The van der Waals surface area contributed by atoms with Crippen LogP contribution in [0.25, 0.3) is 0 Å². The Bertz CT molecular complexity index is 379. The summed E-state index contributed by atoms with van der Waals surface area (Å²) in [4.78, 5) is 0. The number of hydrogen-bond donors (Lipinski definition) is 0. The van der Waals surface area contributed by atoms with Crippen molar-refractivity contribution >= 4 is 11.6 Å². The third-order valence-electron chi connectivity index (χ3n) is 4.49. The minimum absolute atomic E-state index is 0.231. The molecule has 0 amide bonds. The van der Waals surface area contributed by atoms with Crippen molar-refractivity contribution in [1.82, 2.24) is 0 Å². The quantitative estimate of drug-likeness (QED) is 0.514. The van der Waals surface area contributed by atoms with E-state index in [4.69, 9.17) is 11.6 Å². The van der Waals surface area contributed by atoms with Gasteiger partial charge in [0.25, 0.3) is 0 Å². The van der Waals surface area contributed by atoms with Crippen LogP contribution < -0.4 is 0 Å². The first-order chi connectivity index (χ1) is 9.37. The summed E-state index contributed by atoms with van der Waals surface area (Å²) >= 11 is 6.31. The normalized spacial score (nSPS) is 15.1. The molecule has 1 unspecified atom stereocenters. The average molecular weight is 295 g/mol. The Hall–Kier alpha value is -0.490. The summed E-state index contributed by atoms with van der Waals surface area (Å²) in [5.74, 6) is 0.768. The van der Waals surface area contributed by atoms with Gasteiger partial charge in [0.1, 0.15) is 0 Å². The number of benzene rings is 1. The molecule has 0 heterocycles. The van der Waals surface area contributed by atoms with Gasteiger partial charge >= 0.3 is 0 Å². The molecule has 1 heteroatoms. The molecular formula is C19H31Cl. The fourth-order valence-corrected chi connectivity index (χ4v) is 3.12. The van der Waals surface area contributed by atoms with Gasteiger partial charge in [-0.05, 0) is 41.2 Å². The summed E-state index contributed by atoms with van der Waals surface area (Å²) in [6.07, 6.45) is 6.04. The van der Waals surface area contributed by atoms with Gasteiger partial charge in [-0.25, -0.2) is 0 Å². The average Bonchev–Trinajstić information content (AvgIpc) is 2.43. The van der Waals surface area contributed by atoms with Gasteiger partial charge in [0.05, 0.1) is 0 Å². The van der Waals surface area contributed by atoms with Crippen molar-refractivity contribution in [2.75, 3.05) is 5.88 Å². The maximum absolute atomic E-state index is 6.31. The van der Waals surface area contributed by atoms with E-state index in [1.165, 1.54) is 30.4 Å². The molecule has 1 aromatic carbocycles. The van der Waals surface area contributed by atoms with E-state index in [1.54, 1.807) is 0 Å². The van der Waals surface area contributed by atoms with Crippen LogP contribution in [-0.4, -0.2) is 5.88 Å². The smallest absolute Gasteiger partial charge is 0.0283 e. The van der Waals surface area contributed by atoms with Crippen LogP contribution in [0.15, 0.2) is 24.3 Å². The molecule has 0 saturated heterocycles. The van der Waals surface area contributed by atoms with Crippen molar-refractivity contribution in [3.63, 3.8) is 0 Å². The molecule has 20 heavy (non-hydrogen) atoms. The molecule has 0 aliphatic carbocycles. The molecule has 0 aliphatic heterocycles. The van der Waals surface area contributed by atoms with E-state index in [0.717, 1.165) is 18.7 Å². The zero-order chi connectivity index (χ0) is 15.2. The van der Waals surface area contributed by atoms with Gasteiger partial charge in [0.15, 0.2) is 0 Å². The lowest BCUT2D eigenvalue weighted by Crippen LogP contribution is -2.25. The van der Waals surface area contributed by atoms with Crippen molar-refractivity contribution < 1.29 is 0 Å². The molecule has 0 radical (unpaired) electrons. The van der Waals surface area contributed by atoms with Crippen LogP contribution >= 0.6 is 11.6 Å². The standard InChI is InChI=1S/C19H31Cl/c1-6-8-13-19(7-2,15-20)14-16-9-11-17(12-10-16)18(3,4)5/h9-12H,6-8,13-15H2,1-5H3.